The fraction of sp³-hybridized carbons (Fsp3) is 0. The molecule has 0 saturated carbocycles. The molecule has 6 nitrogen and oxygen atoms in total. The fourth-order valence-electron chi connectivity index (χ4n) is 7.13. The van der Waals surface area contributed by atoms with Crippen LogP contribution in [0.15, 0.2) is 194 Å². The maximum Gasteiger partial charge on any atom is 0.182 e. The largest absolute Gasteiger partial charge is 0.244 e. The van der Waals surface area contributed by atoms with Crippen molar-refractivity contribution in [2.45, 2.75) is 0 Å². The van der Waals surface area contributed by atoms with Crippen molar-refractivity contribution in [3.8, 4) is 79.3 Å². The Morgan fingerprint density at radius 1 is 0.250 bits per heavy atom. The third-order valence-corrected chi connectivity index (χ3v) is 9.93. The van der Waals surface area contributed by atoms with Crippen LogP contribution >= 0.6 is 0 Å². The second kappa shape index (κ2) is 14.3. The molecule has 0 aliphatic carbocycles. The second-order valence-electron chi connectivity index (χ2n) is 13.6. The molecule has 0 bridgehead atoms. The predicted molar refractivity (Wildman–Crippen MR) is 226 cm³/mol. The molecular formula is C50H32N6. The molecule has 0 spiro atoms. The van der Waals surface area contributed by atoms with Gasteiger partial charge in [0, 0.05) is 38.6 Å². The van der Waals surface area contributed by atoms with Gasteiger partial charge < -0.3 is 0 Å². The van der Waals surface area contributed by atoms with Crippen molar-refractivity contribution in [3.63, 3.8) is 0 Å². The van der Waals surface area contributed by atoms with Gasteiger partial charge in [-0.1, -0.05) is 164 Å². The maximum atomic E-state index is 5.22. The van der Waals surface area contributed by atoms with Crippen LogP contribution in [-0.2, 0) is 0 Å². The Hall–Kier alpha value is -7.70. The molecule has 10 aromatic rings. The molecule has 0 aliphatic rings. The summed E-state index contributed by atoms with van der Waals surface area (Å²) in [6, 6.07) is 65.9. The zero-order chi connectivity index (χ0) is 37.3. The molecule has 0 atom stereocenters. The van der Waals surface area contributed by atoms with Gasteiger partial charge in [-0.05, 0) is 46.8 Å². The van der Waals surface area contributed by atoms with E-state index in [1.807, 2.05) is 109 Å². The first-order valence-corrected chi connectivity index (χ1v) is 18.5. The van der Waals surface area contributed by atoms with Crippen molar-refractivity contribution < 1.29 is 0 Å². The minimum atomic E-state index is 0.511. The molecule has 0 fully saturated rings. The van der Waals surface area contributed by atoms with Crippen LogP contribution in [0.3, 0.4) is 0 Å². The second-order valence-corrected chi connectivity index (χ2v) is 13.6. The Morgan fingerprint density at radius 2 is 0.750 bits per heavy atom. The Kier molecular flexibility index (Phi) is 8.39. The number of pyridine rings is 1. The van der Waals surface area contributed by atoms with E-state index in [4.69, 9.17) is 29.9 Å². The lowest BCUT2D eigenvalue weighted by Gasteiger charge is -2.13. The average Bonchev–Trinajstić information content (AvgIpc) is 3.29. The topological polar surface area (TPSA) is 77.3 Å². The summed E-state index contributed by atoms with van der Waals surface area (Å²) >= 11 is 0. The van der Waals surface area contributed by atoms with Crippen molar-refractivity contribution >= 4 is 21.7 Å². The van der Waals surface area contributed by atoms with E-state index < -0.39 is 0 Å². The number of nitrogens with zero attached hydrogens (tertiary/aromatic N) is 6. The molecule has 0 radical (unpaired) electrons. The number of fused-ring (bicyclic) bond motifs is 3. The van der Waals surface area contributed by atoms with Gasteiger partial charge in [0.05, 0.1) is 16.9 Å². The predicted octanol–water partition coefficient (Wildman–Crippen LogP) is 12.0. The Morgan fingerprint density at radius 3 is 1.45 bits per heavy atom. The Balaban J connectivity index is 1.11. The molecule has 6 heteroatoms. The van der Waals surface area contributed by atoms with Gasteiger partial charge in [0.15, 0.2) is 23.3 Å². The number of aromatic nitrogens is 6. The fourth-order valence-corrected chi connectivity index (χ4v) is 7.13. The van der Waals surface area contributed by atoms with Gasteiger partial charge >= 0.3 is 0 Å². The molecular weight excluding hydrogens is 685 g/mol. The molecule has 3 heterocycles. The smallest absolute Gasteiger partial charge is 0.182 e. The van der Waals surface area contributed by atoms with Crippen molar-refractivity contribution in [1.29, 1.82) is 0 Å². The van der Waals surface area contributed by atoms with E-state index in [2.05, 4.69) is 84.9 Å². The van der Waals surface area contributed by atoms with E-state index >= 15 is 0 Å². The Labute approximate surface area is 324 Å². The number of hydrogen-bond acceptors (Lipinski definition) is 6. The number of benzene rings is 7. The standard InChI is InChI=1S/C50H32N6/c1-5-15-34(16-6-1)43-25-14-26-44(51-43)50-55-48(37-21-11-4-12-22-37)54-49(56-50)40-24-13-23-38(31-40)39-28-27-33-29-30-41-45(35-17-7-2-8-18-35)52-47(36-19-9-3-10-20-36)53-46(41)42(33)32-39/h1-32H. The molecule has 0 N–H and O–H groups in total. The van der Waals surface area contributed by atoms with Crippen molar-refractivity contribution in [3.05, 3.63) is 194 Å². The van der Waals surface area contributed by atoms with E-state index in [-0.39, 0.29) is 0 Å². The summed E-state index contributed by atoms with van der Waals surface area (Å²) in [6.07, 6.45) is 0. The molecule has 0 unspecified atom stereocenters. The average molecular weight is 717 g/mol. The van der Waals surface area contributed by atoms with Crippen LogP contribution in [0, 0.1) is 0 Å². The zero-order valence-electron chi connectivity index (χ0n) is 30.2. The zero-order valence-corrected chi connectivity index (χ0v) is 30.2. The highest BCUT2D eigenvalue weighted by molar-refractivity contribution is 6.10. The summed E-state index contributed by atoms with van der Waals surface area (Å²) in [4.78, 5) is 30.3. The maximum absolute atomic E-state index is 5.22. The minimum absolute atomic E-state index is 0.511. The lowest BCUT2D eigenvalue weighted by atomic mass is 9.96. The number of hydrogen-bond donors (Lipinski definition) is 0. The first-order chi connectivity index (χ1) is 27.7. The van der Waals surface area contributed by atoms with Crippen LogP contribution in [0.25, 0.3) is 101 Å². The van der Waals surface area contributed by atoms with Crippen molar-refractivity contribution in [2.24, 2.45) is 0 Å². The normalized spacial score (nSPS) is 11.2. The van der Waals surface area contributed by atoms with E-state index in [1.54, 1.807) is 0 Å². The molecule has 7 aromatic carbocycles. The summed E-state index contributed by atoms with van der Waals surface area (Å²) in [5, 5.41) is 3.17. The van der Waals surface area contributed by atoms with E-state index in [1.165, 1.54) is 0 Å². The van der Waals surface area contributed by atoms with Crippen LogP contribution in [-0.4, -0.2) is 29.9 Å². The molecule has 56 heavy (non-hydrogen) atoms. The summed E-state index contributed by atoms with van der Waals surface area (Å²) < 4.78 is 0. The molecule has 262 valence electrons. The lowest BCUT2D eigenvalue weighted by molar-refractivity contribution is 1.06. The summed E-state index contributed by atoms with van der Waals surface area (Å²) in [5.41, 5.74) is 10.3. The highest BCUT2D eigenvalue weighted by Crippen LogP contribution is 2.36. The van der Waals surface area contributed by atoms with E-state index in [0.29, 0.717) is 29.0 Å². The molecule has 0 aliphatic heterocycles. The third-order valence-electron chi connectivity index (χ3n) is 9.93. The van der Waals surface area contributed by atoms with Crippen LogP contribution in [0.5, 0.6) is 0 Å². The van der Waals surface area contributed by atoms with Crippen molar-refractivity contribution in [2.75, 3.05) is 0 Å². The van der Waals surface area contributed by atoms with Gasteiger partial charge in [0.25, 0.3) is 0 Å². The molecule has 0 amide bonds. The van der Waals surface area contributed by atoms with Crippen LogP contribution in [0.1, 0.15) is 0 Å². The van der Waals surface area contributed by atoms with E-state index in [9.17, 15) is 0 Å². The number of rotatable bonds is 7. The van der Waals surface area contributed by atoms with Gasteiger partial charge in [-0.2, -0.15) is 0 Å². The van der Waals surface area contributed by atoms with Gasteiger partial charge in [0.2, 0.25) is 0 Å². The lowest BCUT2D eigenvalue weighted by Crippen LogP contribution is -2.01. The first-order valence-electron chi connectivity index (χ1n) is 18.5. The third kappa shape index (κ3) is 6.35. The highest BCUT2D eigenvalue weighted by atomic mass is 15.0. The Bertz CT molecular complexity index is 3010. The van der Waals surface area contributed by atoms with E-state index in [0.717, 1.165) is 72.0 Å². The summed E-state index contributed by atoms with van der Waals surface area (Å²) in [5.74, 6) is 2.36. The van der Waals surface area contributed by atoms with Gasteiger partial charge in [-0.25, -0.2) is 29.9 Å². The molecule has 3 aromatic heterocycles. The van der Waals surface area contributed by atoms with Crippen LogP contribution < -0.4 is 0 Å². The van der Waals surface area contributed by atoms with Crippen molar-refractivity contribution in [1.82, 2.24) is 29.9 Å². The van der Waals surface area contributed by atoms with Gasteiger partial charge in [0.1, 0.15) is 5.69 Å². The SMILES string of the molecule is c1ccc(-c2cccc(-c3nc(-c4ccccc4)nc(-c4cccc(-c5ccc6ccc7c(-c8ccccc8)nc(-c8ccccc8)nc7c6c5)c4)n3)n2)cc1. The molecule has 0 saturated heterocycles. The summed E-state index contributed by atoms with van der Waals surface area (Å²) in [7, 11) is 0. The monoisotopic (exact) mass is 716 g/mol. The van der Waals surface area contributed by atoms with Gasteiger partial charge in [-0.3, -0.25) is 0 Å². The quantitative estimate of drug-likeness (QED) is 0.153. The van der Waals surface area contributed by atoms with Crippen LogP contribution in [0.4, 0.5) is 0 Å². The molecule has 10 rings (SSSR count). The minimum Gasteiger partial charge on any atom is -0.244 e. The highest BCUT2D eigenvalue weighted by Gasteiger charge is 2.17. The first kappa shape index (κ1) is 32.9. The van der Waals surface area contributed by atoms with Crippen LogP contribution in [0.2, 0.25) is 0 Å². The summed E-state index contributed by atoms with van der Waals surface area (Å²) in [6.45, 7) is 0. The van der Waals surface area contributed by atoms with Gasteiger partial charge in [-0.15, -0.1) is 0 Å².